The molecule has 1 heterocycles. The molecular weight excluding hydrogens is 232 g/mol. The molecule has 1 amide bonds. The van der Waals surface area contributed by atoms with Crippen LogP contribution < -0.4 is 15.4 Å². The molecule has 6 heteroatoms. The van der Waals surface area contributed by atoms with Gasteiger partial charge in [0.25, 0.3) is 5.91 Å². The molecule has 0 radical (unpaired) electrons. The monoisotopic (exact) mass is 246 g/mol. The zero-order valence-electron chi connectivity index (χ0n) is 10.2. The summed E-state index contributed by atoms with van der Waals surface area (Å²) in [4.78, 5) is 13.6. The van der Waals surface area contributed by atoms with Gasteiger partial charge in [0.05, 0.1) is 7.11 Å². The van der Waals surface area contributed by atoms with Gasteiger partial charge in [-0.1, -0.05) is 0 Å². The van der Waals surface area contributed by atoms with Crippen molar-refractivity contribution in [2.75, 3.05) is 24.8 Å². The fraction of sp³-hybridized carbons (Fsp3) is 0.167. The number of aromatic amines is 1. The Morgan fingerprint density at radius 2 is 2.06 bits per heavy atom. The normalized spacial score (nSPS) is 10.1. The number of rotatable bonds is 3. The van der Waals surface area contributed by atoms with Crippen LogP contribution in [0.4, 0.5) is 11.5 Å². The van der Waals surface area contributed by atoms with Gasteiger partial charge in [-0.3, -0.25) is 9.89 Å². The summed E-state index contributed by atoms with van der Waals surface area (Å²) in [6.07, 6.45) is 0. The van der Waals surface area contributed by atoms with Crippen molar-refractivity contribution in [1.82, 2.24) is 10.2 Å². The Kier molecular flexibility index (Phi) is 3.18. The molecule has 18 heavy (non-hydrogen) atoms. The summed E-state index contributed by atoms with van der Waals surface area (Å²) in [7, 11) is 3.28. The Labute approximate surface area is 104 Å². The van der Waals surface area contributed by atoms with E-state index in [9.17, 15) is 4.79 Å². The molecule has 94 valence electrons. The molecule has 0 aliphatic carbocycles. The Hall–Kier alpha value is -2.50. The minimum atomic E-state index is -0.204. The second kappa shape index (κ2) is 4.79. The Bertz CT molecular complexity index is 547. The second-order valence-corrected chi connectivity index (χ2v) is 3.77. The van der Waals surface area contributed by atoms with Gasteiger partial charge in [-0.05, 0) is 24.3 Å². The van der Waals surface area contributed by atoms with Crippen molar-refractivity contribution in [3.63, 3.8) is 0 Å². The third kappa shape index (κ3) is 2.27. The van der Waals surface area contributed by atoms with Crippen molar-refractivity contribution in [3.8, 4) is 5.75 Å². The van der Waals surface area contributed by atoms with Gasteiger partial charge in [-0.25, -0.2) is 0 Å². The number of hydrogen-bond acceptors (Lipinski definition) is 4. The van der Waals surface area contributed by atoms with E-state index < -0.39 is 0 Å². The van der Waals surface area contributed by atoms with Crippen molar-refractivity contribution in [3.05, 3.63) is 36.0 Å². The number of methoxy groups -OCH3 is 1. The topological polar surface area (TPSA) is 84.2 Å². The van der Waals surface area contributed by atoms with E-state index in [4.69, 9.17) is 10.5 Å². The second-order valence-electron chi connectivity index (χ2n) is 3.77. The number of anilines is 2. The fourth-order valence-electron chi connectivity index (χ4n) is 1.55. The molecule has 0 aliphatic heterocycles. The summed E-state index contributed by atoms with van der Waals surface area (Å²) in [5.74, 6) is 0.830. The fourth-order valence-corrected chi connectivity index (χ4v) is 1.55. The maximum atomic E-state index is 12.1. The molecule has 0 aliphatic rings. The number of carbonyl (C=O) groups excluding carboxylic acids is 1. The van der Waals surface area contributed by atoms with Crippen molar-refractivity contribution in [2.45, 2.75) is 0 Å². The van der Waals surface area contributed by atoms with Crippen LogP contribution >= 0.6 is 0 Å². The van der Waals surface area contributed by atoms with Gasteiger partial charge < -0.3 is 15.4 Å². The molecule has 6 nitrogen and oxygen atoms in total. The third-order valence-corrected chi connectivity index (χ3v) is 2.59. The molecule has 0 unspecified atom stereocenters. The van der Waals surface area contributed by atoms with Crippen LogP contribution in [0, 0.1) is 0 Å². The zero-order chi connectivity index (χ0) is 13.1. The van der Waals surface area contributed by atoms with E-state index in [1.165, 1.54) is 11.0 Å². The molecule has 0 atom stereocenters. The highest BCUT2D eigenvalue weighted by Crippen LogP contribution is 2.19. The predicted octanol–water partition coefficient (Wildman–Crippen LogP) is 1.28. The van der Waals surface area contributed by atoms with Crippen LogP contribution in [-0.4, -0.2) is 30.3 Å². The first-order valence-corrected chi connectivity index (χ1v) is 5.35. The van der Waals surface area contributed by atoms with Crippen LogP contribution in [0.25, 0.3) is 0 Å². The minimum Gasteiger partial charge on any atom is -0.497 e. The summed E-state index contributed by atoms with van der Waals surface area (Å²) in [5, 5.41) is 6.31. The van der Waals surface area contributed by atoms with E-state index in [1.807, 2.05) is 0 Å². The summed E-state index contributed by atoms with van der Waals surface area (Å²) >= 11 is 0. The number of H-pyrrole nitrogens is 1. The van der Waals surface area contributed by atoms with Gasteiger partial charge >= 0.3 is 0 Å². The predicted molar refractivity (Wildman–Crippen MR) is 68.7 cm³/mol. The van der Waals surface area contributed by atoms with Crippen LogP contribution in [-0.2, 0) is 0 Å². The van der Waals surface area contributed by atoms with Crippen molar-refractivity contribution < 1.29 is 9.53 Å². The minimum absolute atomic E-state index is 0.204. The van der Waals surface area contributed by atoms with Gasteiger partial charge in [0.1, 0.15) is 17.3 Å². The zero-order valence-corrected chi connectivity index (χ0v) is 10.2. The number of nitrogens with one attached hydrogen (secondary N) is 1. The van der Waals surface area contributed by atoms with Gasteiger partial charge in [0.15, 0.2) is 0 Å². The van der Waals surface area contributed by atoms with Gasteiger partial charge in [-0.2, -0.15) is 5.10 Å². The first kappa shape index (κ1) is 12.0. The van der Waals surface area contributed by atoms with E-state index in [0.717, 1.165) is 11.4 Å². The van der Waals surface area contributed by atoms with Gasteiger partial charge in [-0.15, -0.1) is 0 Å². The van der Waals surface area contributed by atoms with Crippen LogP contribution in [0.2, 0.25) is 0 Å². The number of nitrogens with two attached hydrogens (primary N) is 1. The number of carbonyl (C=O) groups is 1. The quantitative estimate of drug-likeness (QED) is 0.854. The number of nitrogens with zero attached hydrogens (tertiary/aromatic N) is 2. The number of hydrogen-bond donors (Lipinski definition) is 2. The SMILES string of the molecule is COc1ccc(N(C)C(=O)c2cc(N)n[nH]2)cc1. The first-order chi connectivity index (χ1) is 8.61. The molecule has 0 spiro atoms. The van der Waals surface area contributed by atoms with E-state index in [1.54, 1.807) is 38.4 Å². The molecule has 2 rings (SSSR count). The number of ether oxygens (including phenoxy) is 1. The number of aromatic nitrogens is 2. The highest BCUT2D eigenvalue weighted by molar-refractivity contribution is 6.04. The van der Waals surface area contributed by atoms with Crippen molar-refractivity contribution in [2.24, 2.45) is 0 Å². The smallest absolute Gasteiger partial charge is 0.276 e. The Morgan fingerprint density at radius 1 is 1.39 bits per heavy atom. The van der Waals surface area contributed by atoms with E-state index >= 15 is 0 Å². The average Bonchev–Trinajstić information content (AvgIpc) is 2.84. The lowest BCUT2D eigenvalue weighted by atomic mass is 10.2. The van der Waals surface area contributed by atoms with E-state index in [0.29, 0.717) is 11.5 Å². The van der Waals surface area contributed by atoms with Crippen molar-refractivity contribution >= 4 is 17.4 Å². The van der Waals surface area contributed by atoms with Crippen LogP contribution in [0.3, 0.4) is 0 Å². The maximum absolute atomic E-state index is 12.1. The molecule has 0 saturated carbocycles. The summed E-state index contributed by atoms with van der Waals surface area (Å²) in [6, 6.07) is 8.69. The van der Waals surface area contributed by atoms with Crippen LogP contribution in [0.5, 0.6) is 5.75 Å². The highest BCUT2D eigenvalue weighted by atomic mass is 16.5. The lowest BCUT2D eigenvalue weighted by Gasteiger charge is -2.16. The third-order valence-electron chi connectivity index (χ3n) is 2.59. The maximum Gasteiger partial charge on any atom is 0.276 e. The average molecular weight is 246 g/mol. The highest BCUT2D eigenvalue weighted by Gasteiger charge is 2.15. The number of amides is 1. The lowest BCUT2D eigenvalue weighted by Crippen LogP contribution is -2.26. The molecule has 1 aromatic carbocycles. The molecular formula is C12H14N4O2. The van der Waals surface area contributed by atoms with E-state index in [-0.39, 0.29) is 5.91 Å². The molecule has 3 N–H and O–H groups in total. The largest absolute Gasteiger partial charge is 0.497 e. The lowest BCUT2D eigenvalue weighted by molar-refractivity contribution is 0.0988. The number of nitrogen functional groups attached to an aromatic ring is 1. The molecule has 0 fully saturated rings. The van der Waals surface area contributed by atoms with Gasteiger partial charge in [0, 0.05) is 18.8 Å². The molecule has 2 aromatic rings. The Morgan fingerprint density at radius 3 is 2.56 bits per heavy atom. The number of benzene rings is 1. The summed E-state index contributed by atoms with van der Waals surface area (Å²) < 4.78 is 5.06. The van der Waals surface area contributed by atoms with Crippen LogP contribution in [0.15, 0.2) is 30.3 Å². The first-order valence-electron chi connectivity index (χ1n) is 5.35. The van der Waals surface area contributed by atoms with Crippen molar-refractivity contribution in [1.29, 1.82) is 0 Å². The molecule has 0 bridgehead atoms. The Balaban J connectivity index is 2.19. The van der Waals surface area contributed by atoms with Crippen LogP contribution in [0.1, 0.15) is 10.5 Å². The summed E-state index contributed by atoms with van der Waals surface area (Å²) in [6.45, 7) is 0. The van der Waals surface area contributed by atoms with Gasteiger partial charge in [0.2, 0.25) is 0 Å². The van der Waals surface area contributed by atoms with E-state index in [2.05, 4.69) is 10.2 Å². The summed E-state index contributed by atoms with van der Waals surface area (Å²) in [5.41, 5.74) is 6.57. The standard InChI is InChI=1S/C12H14N4O2/c1-16(8-3-5-9(18-2)6-4-8)12(17)10-7-11(13)15-14-10/h3-7H,1-2H3,(H3,13,14,15). The molecule has 1 aromatic heterocycles. The molecule has 0 saturated heterocycles.